The number of nitrogens with zero attached hydrogens (tertiary/aromatic N) is 3. The number of piperidine rings is 1. The molecule has 0 radical (unpaired) electrons. The Labute approximate surface area is 110 Å². The first-order valence-electron chi connectivity index (χ1n) is 5.90. The lowest BCUT2D eigenvalue weighted by molar-refractivity contribution is -0.384. The van der Waals surface area contributed by atoms with Crippen LogP contribution >= 0.6 is 11.6 Å². The van der Waals surface area contributed by atoms with Crippen molar-refractivity contribution in [3.63, 3.8) is 0 Å². The molecule has 1 aromatic carbocycles. The fraction of sp³-hybridized carbons (Fsp3) is 0.417. The van der Waals surface area contributed by atoms with Gasteiger partial charge in [-0.05, 0) is 25.3 Å². The normalized spacial score (nSPS) is 16.2. The van der Waals surface area contributed by atoms with Crippen LogP contribution in [-0.4, -0.2) is 29.2 Å². The standard InChI is InChI=1S/C12H14ClN3O2/c13-11-5-4-10(8-12(11)16(17)18)9-14-15-6-2-1-3-7-15/h4-5,8-9H,1-3,6-7H2. The number of nitro groups is 1. The lowest BCUT2D eigenvalue weighted by Crippen LogP contribution is -2.24. The van der Waals surface area contributed by atoms with Gasteiger partial charge in [-0.25, -0.2) is 0 Å². The van der Waals surface area contributed by atoms with E-state index < -0.39 is 4.92 Å². The van der Waals surface area contributed by atoms with Crippen LogP contribution in [0.2, 0.25) is 5.02 Å². The van der Waals surface area contributed by atoms with Gasteiger partial charge in [-0.1, -0.05) is 17.7 Å². The van der Waals surface area contributed by atoms with Gasteiger partial charge < -0.3 is 0 Å². The lowest BCUT2D eigenvalue weighted by atomic mass is 10.2. The van der Waals surface area contributed by atoms with Crippen molar-refractivity contribution in [2.45, 2.75) is 19.3 Å². The van der Waals surface area contributed by atoms with Gasteiger partial charge in [0.1, 0.15) is 5.02 Å². The highest BCUT2D eigenvalue weighted by Gasteiger charge is 2.12. The second-order valence-electron chi connectivity index (χ2n) is 4.23. The third-order valence-corrected chi connectivity index (χ3v) is 3.19. The highest BCUT2D eigenvalue weighted by molar-refractivity contribution is 6.32. The first kappa shape index (κ1) is 12.8. The summed E-state index contributed by atoms with van der Waals surface area (Å²) in [5, 5.41) is 17.2. The first-order valence-corrected chi connectivity index (χ1v) is 6.27. The molecule has 1 aromatic rings. The van der Waals surface area contributed by atoms with Crippen molar-refractivity contribution in [3.05, 3.63) is 38.9 Å². The maximum atomic E-state index is 10.7. The monoisotopic (exact) mass is 267 g/mol. The molecule has 0 amide bonds. The van der Waals surface area contributed by atoms with Crippen LogP contribution in [0.5, 0.6) is 0 Å². The molecule has 18 heavy (non-hydrogen) atoms. The third-order valence-electron chi connectivity index (χ3n) is 2.87. The van der Waals surface area contributed by atoms with Gasteiger partial charge in [0.15, 0.2) is 0 Å². The zero-order chi connectivity index (χ0) is 13.0. The summed E-state index contributed by atoms with van der Waals surface area (Å²) in [6.45, 7) is 1.90. The summed E-state index contributed by atoms with van der Waals surface area (Å²) < 4.78 is 0. The van der Waals surface area contributed by atoms with Crippen molar-refractivity contribution in [3.8, 4) is 0 Å². The number of nitro benzene ring substituents is 1. The Morgan fingerprint density at radius 1 is 1.33 bits per heavy atom. The van der Waals surface area contributed by atoms with Gasteiger partial charge in [0.2, 0.25) is 0 Å². The number of rotatable bonds is 3. The van der Waals surface area contributed by atoms with Gasteiger partial charge in [-0.3, -0.25) is 15.1 Å². The summed E-state index contributed by atoms with van der Waals surface area (Å²) in [5.41, 5.74) is 0.607. The summed E-state index contributed by atoms with van der Waals surface area (Å²) in [6.07, 6.45) is 5.20. The van der Waals surface area contributed by atoms with Gasteiger partial charge in [-0.15, -0.1) is 0 Å². The summed E-state index contributed by atoms with van der Waals surface area (Å²) in [7, 11) is 0. The molecule has 1 saturated heterocycles. The second-order valence-corrected chi connectivity index (χ2v) is 4.63. The molecule has 1 aliphatic heterocycles. The van der Waals surface area contributed by atoms with Gasteiger partial charge in [0.05, 0.1) is 11.1 Å². The average molecular weight is 268 g/mol. The van der Waals surface area contributed by atoms with Crippen LogP contribution in [0.4, 0.5) is 5.69 Å². The van der Waals surface area contributed by atoms with Crippen molar-refractivity contribution in [1.29, 1.82) is 0 Å². The average Bonchev–Trinajstić information content (AvgIpc) is 2.38. The number of benzene rings is 1. The van der Waals surface area contributed by atoms with Gasteiger partial charge in [-0.2, -0.15) is 5.10 Å². The van der Waals surface area contributed by atoms with Crippen LogP contribution in [0.3, 0.4) is 0 Å². The quantitative estimate of drug-likeness (QED) is 0.480. The van der Waals surface area contributed by atoms with Gasteiger partial charge in [0, 0.05) is 24.7 Å². The fourth-order valence-corrected chi connectivity index (χ4v) is 2.08. The second kappa shape index (κ2) is 5.82. The van der Waals surface area contributed by atoms with E-state index in [-0.39, 0.29) is 10.7 Å². The highest BCUT2D eigenvalue weighted by atomic mass is 35.5. The molecule has 0 bridgehead atoms. The summed E-state index contributed by atoms with van der Waals surface area (Å²) in [5.74, 6) is 0. The maximum absolute atomic E-state index is 10.7. The van der Waals surface area contributed by atoms with Crippen molar-refractivity contribution in [2.75, 3.05) is 13.1 Å². The maximum Gasteiger partial charge on any atom is 0.288 e. The number of hydrazone groups is 1. The predicted octanol–water partition coefficient (Wildman–Crippen LogP) is 3.07. The molecule has 0 N–H and O–H groups in total. The molecule has 96 valence electrons. The SMILES string of the molecule is O=[N+]([O-])c1cc(C=NN2CCCCC2)ccc1Cl. The van der Waals surface area contributed by atoms with E-state index in [9.17, 15) is 10.1 Å². The van der Waals surface area contributed by atoms with Crippen molar-refractivity contribution in [2.24, 2.45) is 5.10 Å². The molecule has 1 aliphatic rings. The molecule has 0 spiro atoms. The van der Waals surface area contributed by atoms with Crippen LogP contribution in [-0.2, 0) is 0 Å². The highest BCUT2D eigenvalue weighted by Crippen LogP contribution is 2.24. The molecule has 0 unspecified atom stereocenters. The largest absolute Gasteiger partial charge is 0.297 e. The van der Waals surface area contributed by atoms with E-state index in [0.717, 1.165) is 25.9 Å². The zero-order valence-electron chi connectivity index (χ0n) is 9.88. The van der Waals surface area contributed by atoms with E-state index in [2.05, 4.69) is 5.10 Å². The predicted molar refractivity (Wildman–Crippen MR) is 71.1 cm³/mol. The zero-order valence-corrected chi connectivity index (χ0v) is 10.6. The van der Waals surface area contributed by atoms with E-state index in [4.69, 9.17) is 11.6 Å². The van der Waals surface area contributed by atoms with Crippen LogP contribution in [0.25, 0.3) is 0 Å². The van der Waals surface area contributed by atoms with Crippen LogP contribution in [0.1, 0.15) is 24.8 Å². The van der Waals surface area contributed by atoms with Gasteiger partial charge in [0.25, 0.3) is 5.69 Å². The molecule has 0 atom stereocenters. The molecule has 0 saturated carbocycles. The minimum atomic E-state index is -0.486. The van der Waals surface area contributed by atoms with Crippen LogP contribution < -0.4 is 0 Å². The van der Waals surface area contributed by atoms with Gasteiger partial charge >= 0.3 is 0 Å². The minimum Gasteiger partial charge on any atom is -0.297 e. The van der Waals surface area contributed by atoms with Crippen molar-refractivity contribution < 1.29 is 4.92 Å². The molecular formula is C12H14ClN3O2. The van der Waals surface area contributed by atoms with Crippen molar-refractivity contribution >= 4 is 23.5 Å². The summed E-state index contributed by atoms with van der Waals surface area (Å²) in [6, 6.07) is 4.69. The Morgan fingerprint density at radius 2 is 2.06 bits per heavy atom. The molecule has 0 aliphatic carbocycles. The van der Waals surface area contributed by atoms with Crippen LogP contribution in [0.15, 0.2) is 23.3 Å². The Kier molecular flexibility index (Phi) is 4.15. The molecule has 1 fully saturated rings. The Hall–Kier alpha value is -1.62. The van der Waals surface area contributed by atoms with Crippen molar-refractivity contribution in [1.82, 2.24) is 5.01 Å². The molecular weight excluding hydrogens is 254 g/mol. The molecule has 6 heteroatoms. The molecule has 5 nitrogen and oxygen atoms in total. The van der Waals surface area contributed by atoms with Crippen LogP contribution in [0, 0.1) is 10.1 Å². The Morgan fingerprint density at radius 3 is 2.72 bits per heavy atom. The smallest absolute Gasteiger partial charge is 0.288 e. The summed E-state index contributed by atoms with van der Waals surface area (Å²) >= 11 is 5.74. The number of hydrogen-bond acceptors (Lipinski definition) is 4. The van der Waals surface area contributed by atoms with E-state index in [0.29, 0.717) is 5.56 Å². The Balaban J connectivity index is 2.11. The van der Waals surface area contributed by atoms with E-state index >= 15 is 0 Å². The molecule has 1 heterocycles. The summed E-state index contributed by atoms with van der Waals surface area (Å²) in [4.78, 5) is 10.3. The number of halogens is 1. The first-order chi connectivity index (χ1) is 8.66. The topological polar surface area (TPSA) is 58.7 Å². The molecule has 0 aromatic heterocycles. The number of hydrogen-bond donors (Lipinski definition) is 0. The minimum absolute atomic E-state index is 0.0840. The third kappa shape index (κ3) is 3.20. The van der Waals surface area contributed by atoms with E-state index in [1.165, 1.54) is 18.6 Å². The molecule has 2 rings (SSSR count). The van der Waals surface area contributed by atoms with E-state index in [1.54, 1.807) is 12.3 Å². The van der Waals surface area contributed by atoms with E-state index in [1.807, 2.05) is 5.01 Å². The lowest BCUT2D eigenvalue weighted by Gasteiger charge is -2.23. The fourth-order valence-electron chi connectivity index (χ4n) is 1.89. The Bertz CT molecular complexity index is 470.